The van der Waals surface area contributed by atoms with Crippen LogP contribution in [0.4, 0.5) is 14.0 Å². The van der Waals surface area contributed by atoms with Gasteiger partial charge in [0.05, 0.1) is 6.07 Å². The average Bonchev–Trinajstić information content (AvgIpc) is 2.91. The Bertz CT molecular complexity index is 1250. The number of halogens is 1. The van der Waals surface area contributed by atoms with Crippen LogP contribution in [-0.2, 0) is 33.9 Å². The highest BCUT2D eigenvalue weighted by atomic mass is 19.1. The number of hydrogen-bond donors (Lipinski definition) is 2. The molecule has 0 radical (unpaired) electrons. The zero-order valence-electron chi connectivity index (χ0n) is 19.7. The predicted octanol–water partition coefficient (Wildman–Crippen LogP) is 4.02. The van der Waals surface area contributed by atoms with Crippen molar-refractivity contribution in [2.75, 3.05) is 6.54 Å². The van der Waals surface area contributed by atoms with E-state index in [1.54, 1.807) is 54.6 Å². The summed E-state index contributed by atoms with van der Waals surface area (Å²) < 4.78 is 29.9. The van der Waals surface area contributed by atoms with Crippen molar-refractivity contribution in [3.63, 3.8) is 0 Å². The summed E-state index contributed by atoms with van der Waals surface area (Å²) in [6.07, 6.45) is -2.14. The van der Waals surface area contributed by atoms with Crippen LogP contribution >= 0.6 is 0 Å². The van der Waals surface area contributed by atoms with Gasteiger partial charge in [-0.15, -0.1) is 0 Å². The second-order valence-electron chi connectivity index (χ2n) is 7.72. The highest BCUT2D eigenvalue weighted by Crippen LogP contribution is 2.19. The second-order valence-corrected chi connectivity index (χ2v) is 7.72. The predicted molar refractivity (Wildman–Crippen MR) is 130 cm³/mol. The molecule has 3 aromatic carbocycles. The van der Waals surface area contributed by atoms with Gasteiger partial charge >= 0.3 is 12.2 Å². The Balaban J connectivity index is 1.59. The molecule has 9 nitrogen and oxygen atoms in total. The molecule has 2 amide bonds. The van der Waals surface area contributed by atoms with Gasteiger partial charge in [0.2, 0.25) is 5.91 Å². The van der Waals surface area contributed by atoms with E-state index in [1.807, 2.05) is 12.1 Å². The normalized spacial score (nSPS) is 10.9. The number of ether oxygens (including phenoxy) is 3. The van der Waals surface area contributed by atoms with Gasteiger partial charge in [0.1, 0.15) is 37.4 Å². The minimum absolute atomic E-state index is 0.00817. The molecule has 3 rings (SSSR count). The van der Waals surface area contributed by atoms with E-state index < -0.39 is 30.0 Å². The van der Waals surface area contributed by atoms with Gasteiger partial charge < -0.3 is 24.8 Å². The van der Waals surface area contributed by atoms with Crippen LogP contribution in [-0.4, -0.2) is 30.7 Å². The fourth-order valence-corrected chi connectivity index (χ4v) is 3.19. The third kappa shape index (κ3) is 8.99. The summed E-state index contributed by atoms with van der Waals surface area (Å²) in [4.78, 5) is 36.7. The summed E-state index contributed by atoms with van der Waals surface area (Å²) >= 11 is 0. The molecule has 0 saturated heterocycles. The molecule has 3 aromatic rings. The maximum absolute atomic E-state index is 14.8. The lowest BCUT2D eigenvalue weighted by molar-refractivity contribution is -0.122. The summed E-state index contributed by atoms with van der Waals surface area (Å²) in [5.41, 5.74) is 1.56. The van der Waals surface area contributed by atoms with Gasteiger partial charge in [-0.3, -0.25) is 4.79 Å². The zero-order chi connectivity index (χ0) is 26.5. The molecule has 0 fully saturated rings. The molecule has 0 bridgehead atoms. The molecule has 0 spiro atoms. The first-order valence-corrected chi connectivity index (χ1v) is 11.2. The Morgan fingerprint density at radius 1 is 0.892 bits per heavy atom. The van der Waals surface area contributed by atoms with Crippen molar-refractivity contribution in [3.05, 3.63) is 101 Å². The zero-order valence-corrected chi connectivity index (χ0v) is 19.7. The van der Waals surface area contributed by atoms with Gasteiger partial charge in [-0.05, 0) is 22.8 Å². The van der Waals surface area contributed by atoms with Crippen molar-refractivity contribution in [3.8, 4) is 11.8 Å². The lowest BCUT2D eigenvalue weighted by atomic mass is 10.0. The number of rotatable bonds is 10. The Labute approximate surface area is 212 Å². The monoisotopic (exact) mass is 505 g/mol. The molecule has 190 valence electrons. The molecule has 37 heavy (non-hydrogen) atoms. The van der Waals surface area contributed by atoms with Crippen molar-refractivity contribution in [1.29, 1.82) is 5.26 Å². The molecule has 0 aliphatic heterocycles. The van der Waals surface area contributed by atoms with Crippen LogP contribution < -0.4 is 15.4 Å². The molecular formula is C27H24FN3O6. The van der Waals surface area contributed by atoms with E-state index >= 15 is 0 Å². The third-order valence-corrected chi connectivity index (χ3v) is 5.01. The number of carbonyl (C=O) groups excluding carboxylic acids is 3. The molecule has 1 unspecified atom stereocenters. The molecule has 0 aromatic heterocycles. The smallest absolute Gasteiger partial charge is 0.445 e. The third-order valence-electron chi connectivity index (χ3n) is 5.01. The maximum Gasteiger partial charge on any atom is 0.514 e. The Kier molecular flexibility index (Phi) is 9.99. The molecule has 0 aliphatic carbocycles. The topological polar surface area (TPSA) is 127 Å². The van der Waals surface area contributed by atoms with Crippen LogP contribution in [0.1, 0.15) is 16.7 Å². The first kappa shape index (κ1) is 26.7. The second kappa shape index (κ2) is 13.8. The molecule has 2 N–H and O–H groups in total. The summed E-state index contributed by atoms with van der Waals surface area (Å²) in [5, 5.41) is 13.5. The summed E-state index contributed by atoms with van der Waals surface area (Å²) in [6.45, 7) is -0.331. The largest absolute Gasteiger partial charge is 0.514 e. The number of alkyl carbamates (subject to hydrolysis) is 1. The van der Waals surface area contributed by atoms with E-state index in [9.17, 15) is 18.8 Å². The van der Waals surface area contributed by atoms with E-state index in [1.165, 1.54) is 12.1 Å². The number of amides is 2. The molecule has 0 aliphatic rings. The number of hydrogen-bond acceptors (Lipinski definition) is 7. The minimum atomic E-state index is -1.23. The van der Waals surface area contributed by atoms with Crippen molar-refractivity contribution in [2.45, 2.75) is 25.7 Å². The summed E-state index contributed by atoms with van der Waals surface area (Å²) in [6, 6.07) is 22.0. The van der Waals surface area contributed by atoms with Crippen molar-refractivity contribution in [1.82, 2.24) is 10.6 Å². The van der Waals surface area contributed by atoms with E-state index in [0.29, 0.717) is 0 Å². The van der Waals surface area contributed by atoms with Crippen LogP contribution in [0.25, 0.3) is 0 Å². The fraction of sp³-hybridized carbons (Fsp3) is 0.185. The lowest BCUT2D eigenvalue weighted by Crippen LogP contribution is -2.48. The standard InChI is InChI=1S/C27H24FN3O6/c28-23-16-22(37-27(34)36-18-20-9-5-2-6-10-20)12-11-21(23)15-24(25(32)30-14-13-29)31-26(33)35-17-19-7-3-1-4-8-19/h1-12,16,24H,14-15,17-18H2,(H,30,32)(H,31,33). The van der Waals surface area contributed by atoms with Gasteiger partial charge in [-0.25, -0.2) is 14.0 Å². The molecule has 0 saturated carbocycles. The fourth-order valence-electron chi connectivity index (χ4n) is 3.19. The summed E-state index contributed by atoms with van der Waals surface area (Å²) in [5.74, 6) is -1.56. The van der Waals surface area contributed by atoms with E-state index in [-0.39, 0.29) is 37.5 Å². The molecule has 10 heteroatoms. The van der Waals surface area contributed by atoms with Crippen molar-refractivity contribution in [2.24, 2.45) is 0 Å². The van der Waals surface area contributed by atoms with Crippen LogP contribution in [0.5, 0.6) is 5.75 Å². The Morgan fingerprint density at radius 2 is 1.51 bits per heavy atom. The highest BCUT2D eigenvalue weighted by molar-refractivity contribution is 5.86. The van der Waals surface area contributed by atoms with E-state index in [2.05, 4.69) is 10.6 Å². The quantitative estimate of drug-likeness (QED) is 0.242. The summed E-state index contributed by atoms with van der Waals surface area (Å²) in [7, 11) is 0. The average molecular weight is 506 g/mol. The first-order chi connectivity index (χ1) is 17.9. The highest BCUT2D eigenvalue weighted by Gasteiger charge is 2.23. The first-order valence-electron chi connectivity index (χ1n) is 11.2. The number of nitriles is 1. The lowest BCUT2D eigenvalue weighted by Gasteiger charge is -2.18. The maximum atomic E-state index is 14.8. The van der Waals surface area contributed by atoms with Gasteiger partial charge in [0.15, 0.2) is 0 Å². The van der Waals surface area contributed by atoms with Gasteiger partial charge in [-0.2, -0.15) is 5.26 Å². The van der Waals surface area contributed by atoms with Crippen LogP contribution in [0.2, 0.25) is 0 Å². The molecular weight excluding hydrogens is 481 g/mol. The Hall–Kier alpha value is -4.91. The van der Waals surface area contributed by atoms with Crippen molar-refractivity contribution >= 4 is 18.2 Å². The van der Waals surface area contributed by atoms with Gasteiger partial charge in [0, 0.05) is 12.5 Å². The number of benzene rings is 3. The van der Waals surface area contributed by atoms with Crippen LogP contribution in [0.3, 0.4) is 0 Å². The molecule has 1 atom stereocenters. The van der Waals surface area contributed by atoms with Gasteiger partial charge in [0.25, 0.3) is 0 Å². The Morgan fingerprint density at radius 3 is 2.11 bits per heavy atom. The number of carbonyl (C=O) groups is 3. The molecule has 0 heterocycles. The minimum Gasteiger partial charge on any atom is -0.445 e. The SMILES string of the molecule is N#CCNC(=O)C(Cc1ccc(OC(=O)OCc2ccccc2)cc1F)NC(=O)OCc1ccccc1. The van der Waals surface area contributed by atoms with Crippen LogP contribution in [0.15, 0.2) is 78.9 Å². The van der Waals surface area contributed by atoms with Gasteiger partial charge in [-0.1, -0.05) is 66.7 Å². The van der Waals surface area contributed by atoms with Crippen LogP contribution in [0, 0.1) is 17.1 Å². The number of nitrogens with zero attached hydrogens (tertiary/aromatic N) is 1. The van der Waals surface area contributed by atoms with Crippen molar-refractivity contribution < 1.29 is 33.0 Å². The van der Waals surface area contributed by atoms with E-state index in [4.69, 9.17) is 19.5 Å². The number of nitrogens with one attached hydrogen (secondary N) is 2. The van der Waals surface area contributed by atoms with E-state index in [0.717, 1.165) is 17.2 Å².